The Hall–Kier alpha value is -1.69. The summed E-state index contributed by atoms with van der Waals surface area (Å²) in [5, 5.41) is 12.9. The maximum atomic E-state index is 11.8. The molecule has 0 aliphatic heterocycles. The number of aliphatic hydroxyl groups is 1. The Morgan fingerprint density at radius 2 is 2.05 bits per heavy atom. The van der Waals surface area contributed by atoms with Crippen molar-refractivity contribution in [3.8, 4) is 5.75 Å². The van der Waals surface area contributed by atoms with Crippen molar-refractivity contribution < 1.29 is 19.1 Å². The van der Waals surface area contributed by atoms with Crippen LogP contribution in [0.4, 0.5) is 0 Å². The highest BCUT2D eigenvalue weighted by Crippen LogP contribution is 2.24. The fourth-order valence-electron chi connectivity index (χ4n) is 1.84. The van der Waals surface area contributed by atoms with Crippen molar-refractivity contribution in [1.29, 1.82) is 0 Å². The lowest BCUT2D eigenvalue weighted by Crippen LogP contribution is -2.31. The SMILES string of the molecule is O=C(CCOc1cc(Cl)cc(Cl)c1)NC(CO)c1ccco1. The molecule has 1 unspecified atom stereocenters. The predicted octanol–water partition coefficient (Wildman–Crippen LogP) is 3.21. The third kappa shape index (κ3) is 4.94. The van der Waals surface area contributed by atoms with Gasteiger partial charge in [-0.3, -0.25) is 4.79 Å². The lowest BCUT2D eigenvalue weighted by Gasteiger charge is -2.14. The molecular weight excluding hydrogens is 329 g/mol. The first-order valence-electron chi connectivity index (χ1n) is 6.61. The summed E-state index contributed by atoms with van der Waals surface area (Å²) in [6.45, 7) is -0.0805. The summed E-state index contributed by atoms with van der Waals surface area (Å²) in [5.41, 5.74) is 0. The molecule has 0 aliphatic rings. The summed E-state index contributed by atoms with van der Waals surface area (Å²) in [5.74, 6) is 0.733. The van der Waals surface area contributed by atoms with E-state index >= 15 is 0 Å². The van der Waals surface area contributed by atoms with Crippen molar-refractivity contribution in [2.24, 2.45) is 0 Å². The van der Waals surface area contributed by atoms with Crippen molar-refractivity contribution in [2.75, 3.05) is 13.2 Å². The van der Waals surface area contributed by atoms with Gasteiger partial charge in [0.05, 0.1) is 25.9 Å². The van der Waals surface area contributed by atoms with Gasteiger partial charge in [-0.05, 0) is 30.3 Å². The number of hydrogen-bond donors (Lipinski definition) is 2. The van der Waals surface area contributed by atoms with Gasteiger partial charge in [-0.1, -0.05) is 23.2 Å². The highest BCUT2D eigenvalue weighted by molar-refractivity contribution is 6.34. The van der Waals surface area contributed by atoms with Gasteiger partial charge in [-0.2, -0.15) is 0 Å². The van der Waals surface area contributed by atoms with Crippen LogP contribution in [0.2, 0.25) is 10.0 Å². The van der Waals surface area contributed by atoms with Gasteiger partial charge < -0.3 is 19.6 Å². The number of rotatable bonds is 7. The van der Waals surface area contributed by atoms with Crippen LogP contribution in [0.25, 0.3) is 0 Å². The molecule has 2 rings (SSSR count). The lowest BCUT2D eigenvalue weighted by atomic mass is 10.2. The van der Waals surface area contributed by atoms with Gasteiger partial charge in [0.25, 0.3) is 0 Å². The number of carbonyl (C=O) groups excluding carboxylic acids is 1. The molecule has 2 N–H and O–H groups in total. The average molecular weight is 344 g/mol. The van der Waals surface area contributed by atoms with Gasteiger partial charge in [0.1, 0.15) is 17.6 Å². The molecule has 0 bridgehead atoms. The maximum Gasteiger partial charge on any atom is 0.224 e. The van der Waals surface area contributed by atoms with Crippen molar-refractivity contribution in [3.63, 3.8) is 0 Å². The van der Waals surface area contributed by atoms with Crippen LogP contribution in [-0.4, -0.2) is 24.2 Å². The number of hydrogen-bond acceptors (Lipinski definition) is 4. The number of furan rings is 1. The Balaban J connectivity index is 1.80. The zero-order valence-electron chi connectivity index (χ0n) is 11.6. The van der Waals surface area contributed by atoms with Gasteiger partial charge in [-0.25, -0.2) is 0 Å². The minimum Gasteiger partial charge on any atom is -0.493 e. The Morgan fingerprint density at radius 3 is 2.64 bits per heavy atom. The second-order valence-corrected chi connectivity index (χ2v) is 5.39. The standard InChI is InChI=1S/C15H15Cl2NO4/c16-10-6-11(17)8-12(7-10)21-5-3-15(20)18-13(9-19)14-2-1-4-22-14/h1-2,4,6-8,13,19H,3,5,9H2,(H,18,20). The monoisotopic (exact) mass is 343 g/mol. The first-order chi connectivity index (χ1) is 10.6. The highest BCUT2D eigenvalue weighted by atomic mass is 35.5. The number of benzene rings is 1. The molecular formula is C15H15Cl2NO4. The van der Waals surface area contributed by atoms with E-state index in [0.717, 1.165) is 0 Å². The molecule has 0 aliphatic carbocycles. The molecule has 2 aromatic rings. The summed E-state index contributed by atoms with van der Waals surface area (Å²) in [4.78, 5) is 11.8. The molecule has 0 radical (unpaired) electrons. The predicted molar refractivity (Wildman–Crippen MR) is 83.3 cm³/mol. The van der Waals surface area contributed by atoms with Crippen molar-refractivity contribution in [1.82, 2.24) is 5.32 Å². The molecule has 7 heteroatoms. The number of ether oxygens (including phenoxy) is 1. The number of nitrogens with one attached hydrogen (secondary N) is 1. The van der Waals surface area contributed by atoms with Crippen molar-refractivity contribution >= 4 is 29.1 Å². The second-order valence-electron chi connectivity index (χ2n) is 4.52. The van der Waals surface area contributed by atoms with E-state index in [4.69, 9.17) is 32.4 Å². The second kappa shape index (κ2) is 8.08. The Kier molecular flexibility index (Phi) is 6.12. The van der Waals surface area contributed by atoms with Gasteiger partial charge in [0, 0.05) is 10.0 Å². The molecule has 0 saturated carbocycles. The third-order valence-electron chi connectivity index (χ3n) is 2.84. The maximum absolute atomic E-state index is 11.8. The van der Waals surface area contributed by atoms with Crippen LogP contribution in [0.5, 0.6) is 5.75 Å². The van der Waals surface area contributed by atoms with Crippen LogP contribution in [0.3, 0.4) is 0 Å². The molecule has 1 aromatic carbocycles. The first-order valence-corrected chi connectivity index (χ1v) is 7.36. The zero-order chi connectivity index (χ0) is 15.9. The average Bonchev–Trinajstić information content (AvgIpc) is 2.97. The van der Waals surface area contributed by atoms with Crippen LogP contribution < -0.4 is 10.1 Å². The fourth-order valence-corrected chi connectivity index (χ4v) is 2.34. The van der Waals surface area contributed by atoms with E-state index in [1.54, 1.807) is 30.3 Å². The minimum atomic E-state index is -0.567. The van der Waals surface area contributed by atoms with Gasteiger partial charge >= 0.3 is 0 Å². The fraction of sp³-hybridized carbons (Fsp3) is 0.267. The number of halogens is 2. The van der Waals surface area contributed by atoms with Crippen LogP contribution in [0.1, 0.15) is 18.2 Å². The molecule has 5 nitrogen and oxygen atoms in total. The van der Waals surface area contributed by atoms with Crippen LogP contribution in [0.15, 0.2) is 41.0 Å². The highest BCUT2D eigenvalue weighted by Gasteiger charge is 2.16. The zero-order valence-corrected chi connectivity index (χ0v) is 13.1. The Bertz CT molecular complexity index is 596. The van der Waals surface area contributed by atoms with E-state index in [0.29, 0.717) is 21.6 Å². The normalized spacial score (nSPS) is 12.0. The topological polar surface area (TPSA) is 71.7 Å². The molecule has 1 aromatic heterocycles. The number of carbonyl (C=O) groups is 1. The molecule has 0 saturated heterocycles. The van der Waals surface area contributed by atoms with Gasteiger partial charge in [-0.15, -0.1) is 0 Å². The molecule has 118 valence electrons. The van der Waals surface area contributed by atoms with Crippen LogP contribution in [-0.2, 0) is 4.79 Å². The first kappa shape index (κ1) is 16.7. The Morgan fingerprint density at radius 1 is 1.32 bits per heavy atom. The summed E-state index contributed by atoms with van der Waals surface area (Å²) < 4.78 is 10.6. The summed E-state index contributed by atoms with van der Waals surface area (Å²) >= 11 is 11.7. The minimum absolute atomic E-state index is 0.126. The molecule has 1 atom stereocenters. The van der Waals surface area contributed by atoms with Crippen LogP contribution in [0, 0.1) is 0 Å². The number of amides is 1. The number of aliphatic hydroxyl groups excluding tert-OH is 1. The molecule has 22 heavy (non-hydrogen) atoms. The molecule has 1 amide bonds. The quantitative estimate of drug-likeness (QED) is 0.809. The van der Waals surface area contributed by atoms with Crippen molar-refractivity contribution in [3.05, 3.63) is 52.4 Å². The largest absolute Gasteiger partial charge is 0.493 e. The molecule has 0 fully saturated rings. The lowest BCUT2D eigenvalue weighted by molar-refractivity contribution is -0.122. The summed E-state index contributed by atoms with van der Waals surface area (Å²) in [6.07, 6.45) is 1.61. The van der Waals surface area contributed by atoms with Crippen molar-refractivity contribution in [2.45, 2.75) is 12.5 Å². The van der Waals surface area contributed by atoms with Gasteiger partial charge in [0.15, 0.2) is 0 Å². The third-order valence-corrected chi connectivity index (χ3v) is 3.27. The summed E-state index contributed by atoms with van der Waals surface area (Å²) in [7, 11) is 0. The van der Waals surface area contributed by atoms with E-state index in [2.05, 4.69) is 5.32 Å². The Labute approximate surface area is 137 Å². The van der Waals surface area contributed by atoms with Crippen LogP contribution >= 0.6 is 23.2 Å². The van der Waals surface area contributed by atoms with E-state index in [-0.39, 0.29) is 25.5 Å². The summed E-state index contributed by atoms with van der Waals surface area (Å²) in [6, 6.07) is 7.64. The van der Waals surface area contributed by atoms with E-state index in [1.165, 1.54) is 6.26 Å². The van der Waals surface area contributed by atoms with E-state index in [1.807, 2.05) is 0 Å². The molecule has 1 heterocycles. The smallest absolute Gasteiger partial charge is 0.224 e. The van der Waals surface area contributed by atoms with Gasteiger partial charge in [0.2, 0.25) is 5.91 Å². The molecule has 0 spiro atoms. The van der Waals surface area contributed by atoms with E-state index < -0.39 is 6.04 Å². The van der Waals surface area contributed by atoms with E-state index in [9.17, 15) is 9.90 Å².